The summed E-state index contributed by atoms with van der Waals surface area (Å²) in [4.78, 5) is 12.8. The lowest BCUT2D eigenvalue weighted by Gasteiger charge is -2.10. The molecule has 1 aromatic heterocycles. The van der Waals surface area contributed by atoms with Crippen LogP contribution in [0.25, 0.3) is 10.9 Å². The molecule has 4 rings (SSSR count). The highest BCUT2D eigenvalue weighted by Crippen LogP contribution is 2.29. The van der Waals surface area contributed by atoms with E-state index in [0.717, 1.165) is 0 Å². The van der Waals surface area contributed by atoms with Gasteiger partial charge in [0.05, 0.1) is 23.4 Å². The van der Waals surface area contributed by atoms with Crippen molar-refractivity contribution in [3.05, 3.63) is 90.4 Å². The zero-order valence-corrected chi connectivity index (χ0v) is 18.1. The monoisotopic (exact) mass is 452 g/mol. The molecule has 0 atom stereocenters. The molecule has 1 N–H and O–H groups in total. The van der Waals surface area contributed by atoms with Crippen LogP contribution >= 0.6 is 0 Å². The number of carbonyl (C=O) groups excluding carboxylic acids is 1. The number of sulfone groups is 1. The van der Waals surface area contributed by atoms with E-state index in [2.05, 4.69) is 5.32 Å². The molecule has 0 bridgehead atoms. The number of anilines is 1. The number of aromatic nitrogens is 1. The number of fused-ring (bicyclic) bond motifs is 1. The van der Waals surface area contributed by atoms with Crippen LogP contribution in [0.3, 0.4) is 0 Å². The maximum Gasteiger partial charge on any atom is 0.244 e. The lowest BCUT2D eigenvalue weighted by atomic mass is 10.2. The van der Waals surface area contributed by atoms with Gasteiger partial charge in [-0.25, -0.2) is 12.8 Å². The summed E-state index contributed by atoms with van der Waals surface area (Å²) in [5, 5.41) is 3.30. The molecule has 0 saturated carbocycles. The third kappa shape index (κ3) is 4.50. The first-order valence-corrected chi connectivity index (χ1v) is 11.5. The number of ether oxygens (including phenoxy) is 1. The molecule has 0 spiro atoms. The van der Waals surface area contributed by atoms with Crippen LogP contribution in [0.5, 0.6) is 5.75 Å². The number of hydrogen-bond donors (Lipinski definition) is 1. The van der Waals surface area contributed by atoms with Crippen molar-refractivity contribution in [2.75, 3.05) is 12.4 Å². The van der Waals surface area contributed by atoms with Crippen LogP contribution < -0.4 is 10.1 Å². The Labute approximate surface area is 185 Å². The molecule has 8 heteroatoms. The van der Waals surface area contributed by atoms with E-state index in [1.807, 2.05) is 0 Å². The van der Waals surface area contributed by atoms with E-state index in [1.54, 1.807) is 59.2 Å². The van der Waals surface area contributed by atoms with E-state index in [1.165, 1.54) is 31.5 Å². The fraction of sp³-hybridized carbons (Fsp3) is 0.125. The van der Waals surface area contributed by atoms with Gasteiger partial charge in [-0.1, -0.05) is 42.5 Å². The maximum absolute atomic E-state index is 13.5. The van der Waals surface area contributed by atoms with Crippen LogP contribution in [0.1, 0.15) is 5.56 Å². The van der Waals surface area contributed by atoms with E-state index in [0.29, 0.717) is 27.9 Å². The summed E-state index contributed by atoms with van der Waals surface area (Å²) in [6, 6.07) is 19.5. The van der Waals surface area contributed by atoms with E-state index in [9.17, 15) is 17.6 Å². The van der Waals surface area contributed by atoms with Gasteiger partial charge < -0.3 is 14.6 Å². The Morgan fingerprint density at radius 3 is 2.56 bits per heavy atom. The second-order valence-corrected chi connectivity index (χ2v) is 9.23. The van der Waals surface area contributed by atoms with Crippen LogP contribution in [0.2, 0.25) is 0 Å². The number of nitrogens with one attached hydrogen (secondary N) is 1. The van der Waals surface area contributed by atoms with Crippen molar-refractivity contribution in [2.45, 2.75) is 17.2 Å². The Morgan fingerprint density at radius 2 is 1.78 bits per heavy atom. The van der Waals surface area contributed by atoms with Gasteiger partial charge in [0.2, 0.25) is 5.91 Å². The molecule has 0 fully saturated rings. The molecular formula is C24H21FN2O4S. The minimum atomic E-state index is -3.78. The number of amides is 1. The van der Waals surface area contributed by atoms with Gasteiger partial charge in [-0.15, -0.1) is 0 Å². The maximum atomic E-state index is 13.5. The molecule has 6 nitrogen and oxygen atoms in total. The second-order valence-electron chi connectivity index (χ2n) is 7.28. The summed E-state index contributed by atoms with van der Waals surface area (Å²) >= 11 is 0. The second kappa shape index (κ2) is 8.84. The van der Waals surface area contributed by atoms with E-state index >= 15 is 0 Å². The van der Waals surface area contributed by atoms with Crippen LogP contribution in [0.15, 0.2) is 83.9 Å². The first kappa shape index (κ1) is 21.6. The quantitative estimate of drug-likeness (QED) is 0.451. The summed E-state index contributed by atoms with van der Waals surface area (Å²) in [5.74, 6) is -0.638. The highest BCUT2D eigenvalue weighted by Gasteiger charge is 2.22. The molecule has 4 aromatic rings. The number of rotatable bonds is 7. The SMILES string of the molecule is COc1ccccc1NC(=O)Cn1cc(S(=O)(=O)Cc2cccc(F)c2)c2ccccc21. The molecule has 32 heavy (non-hydrogen) atoms. The fourth-order valence-corrected chi connectivity index (χ4v) is 5.18. The Hall–Kier alpha value is -3.65. The molecular weight excluding hydrogens is 431 g/mol. The highest BCUT2D eigenvalue weighted by atomic mass is 32.2. The van der Waals surface area contributed by atoms with Gasteiger partial charge in [0.25, 0.3) is 0 Å². The van der Waals surface area contributed by atoms with Crippen molar-refractivity contribution in [2.24, 2.45) is 0 Å². The summed E-state index contributed by atoms with van der Waals surface area (Å²) < 4.78 is 46.7. The normalized spacial score (nSPS) is 11.4. The van der Waals surface area contributed by atoms with Gasteiger partial charge in [0, 0.05) is 17.1 Å². The number of para-hydroxylation sites is 3. The molecule has 0 aliphatic carbocycles. The third-order valence-corrected chi connectivity index (χ3v) is 6.74. The minimum Gasteiger partial charge on any atom is -0.495 e. The number of hydrogen-bond acceptors (Lipinski definition) is 4. The first-order chi connectivity index (χ1) is 15.4. The lowest BCUT2D eigenvalue weighted by Crippen LogP contribution is -2.18. The van der Waals surface area contributed by atoms with Gasteiger partial charge >= 0.3 is 0 Å². The van der Waals surface area contributed by atoms with Crippen molar-refractivity contribution < 1.29 is 22.3 Å². The predicted octanol–water partition coefficient (Wildman–Crippen LogP) is 4.40. The standard InChI is InChI=1S/C24H21FN2O4S/c1-31-22-12-5-3-10-20(22)26-24(28)15-27-14-23(19-9-2-4-11-21(19)27)32(29,30)16-17-7-6-8-18(25)13-17/h2-14H,15-16H2,1H3,(H,26,28). The number of methoxy groups -OCH3 is 1. The largest absolute Gasteiger partial charge is 0.495 e. The van der Waals surface area contributed by atoms with Crippen molar-refractivity contribution in [3.8, 4) is 5.75 Å². The molecule has 0 radical (unpaired) electrons. The van der Waals surface area contributed by atoms with Gasteiger partial charge in [-0.05, 0) is 35.9 Å². The summed E-state index contributed by atoms with van der Waals surface area (Å²) in [6.45, 7) is -0.0892. The Bertz CT molecular complexity index is 1400. The Balaban J connectivity index is 1.65. The van der Waals surface area contributed by atoms with E-state index in [4.69, 9.17) is 4.74 Å². The molecule has 1 heterocycles. The molecule has 0 saturated heterocycles. The molecule has 0 unspecified atom stereocenters. The van der Waals surface area contributed by atoms with Crippen molar-refractivity contribution in [1.82, 2.24) is 4.57 Å². The van der Waals surface area contributed by atoms with Crippen LogP contribution in [-0.2, 0) is 26.9 Å². The van der Waals surface area contributed by atoms with Crippen molar-refractivity contribution in [3.63, 3.8) is 0 Å². The average molecular weight is 453 g/mol. The number of carbonyl (C=O) groups is 1. The lowest BCUT2D eigenvalue weighted by molar-refractivity contribution is -0.116. The topological polar surface area (TPSA) is 77.4 Å². The number of halogens is 1. The Morgan fingerprint density at radius 1 is 1.03 bits per heavy atom. The molecule has 0 aliphatic heterocycles. The van der Waals surface area contributed by atoms with Crippen LogP contribution in [-0.4, -0.2) is 26.0 Å². The first-order valence-electron chi connectivity index (χ1n) is 9.85. The summed E-state index contributed by atoms with van der Waals surface area (Å²) in [7, 11) is -2.27. The highest BCUT2D eigenvalue weighted by molar-refractivity contribution is 7.90. The van der Waals surface area contributed by atoms with Gasteiger partial charge in [-0.3, -0.25) is 4.79 Å². The molecule has 0 aliphatic rings. The van der Waals surface area contributed by atoms with E-state index in [-0.39, 0.29) is 23.1 Å². The molecule has 3 aromatic carbocycles. The van der Waals surface area contributed by atoms with Crippen LogP contribution in [0.4, 0.5) is 10.1 Å². The van der Waals surface area contributed by atoms with Crippen molar-refractivity contribution in [1.29, 1.82) is 0 Å². The minimum absolute atomic E-state index is 0.0892. The summed E-state index contributed by atoms with van der Waals surface area (Å²) in [6.07, 6.45) is 1.46. The summed E-state index contributed by atoms with van der Waals surface area (Å²) in [5.41, 5.74) is 1.49. The van der Waals surface area contributed by atoms with Crippen LogP contribution in [0, 0.1) is 5.82 Å². The molecule has 1 amide bonds. The fourth-order valence-electron chi connectivity index (χ4n) is 3.61. The van der Waals surface area contributed by atoms with Gasteiger partial charge in [0.15, 0.2) is 9.84 Å². The smallest absolute Gasteiger partial charge is 0.244 e. The van der Waals surface area contributed by atoms with Gasteiger partial charge in [-0.2, -0.15) is 0 Å². The Kier molecular flexibility index (Phi) is 5.96. The van der Waals surface area contributed by atoms with Gasteiger partial charge in [0.1, 0.15) is 18.1 Å². The third-order valence-electron chi connectivity index (χ3n) is 5.03. The number of nitrogens with zero attached hydrogens (tertiary/aromatic N) is 1. The van der Waals surface area contributed by atoms with E-state index < -0.39 is 15.7 Å². The predicted molar refractivity (Wildman–Crippen MR) is 121 cm³/mol. The van der Waals surface area contributed by atoms with Crippen molar-refractivity contribution >= 4 is 32.3 Å². The number of benzene rings is 3. The molecule has 164 valence electrons. The zero-order chi connectivity index (χ0) is 22.7. The average Bonchev–Trinajstić information content (AvgIpc) is 3.13. The zero-order valence-electron chi connectivity index (χ0n) is 17.3.